The Labute approximate surface area is 329 Å². The van der Waals surface area contributed by atoms with Crippen LogP contribution >= 0.6 is 0 Å². The monoisotopic (exact) mass is 843 g/mol. The summed E-state index contributed by atoms with van der Waals surface area (Å²) in [5.74, 6) is -4.64. The third kappa shape index (κ3) is 8.45. The standard InChI is InChI=1S/C37H42F5N5O10S/c1-18-6-4-5-7-21-16-35(21,33(50)46-58(52,53)23-8-9-23)45-30(48)26-15-22(55-31-25-10-11-27-29(24(25)12-13-43-31)57-37(41,42)56-27)17-47(26)32(49)28(19(2)14-18)44-34(51)54-20(3)36(38,39)40/h5,7,10-13,18-23,26,28H,4,6,8-9,14-17H2,1-3H3,(H,44,51)(H,45,48)(H,46,50). The second-order valence-corrected chi connectivity index (χ2v) is 17.7. The number of ether oxygens (including phenoxy) is 4. The van der Waals surface area contributed by atoms with Crippen LogP contribution in [-0.4, -0.2) is 96.2 Å². The molecule has 0 spiro atoms. The third-order valence-corrected chi connectivity index (χ3v) is 13.0. The number of hydrogen-bond donors (Lipinski definition) is 3. The SMILES string of the molecule is CC1CCC=CC2CC2(C(=O)NS(=O)(=O)C2CC2)NC(=O)C2CC(Oc3nccc4c5c(ccc34)OC(F)(F)O5)CN2C(=O)C(NC(=O)OC(C)C(F)(F)F)C(C)C1. The van der Waals surface area contributed by atoms with Gasteiger partial charge in [0.15, 0.2) is 17.6 Å². The van der Waals surface area contributed by atoms with Crippen molar-refractivity contribution in [3.05, 3.63) is 36.5 Å². The fraction of sp³-hybridized carbons (Fsp3) is 0.595. The van der Waals surface area contributed by atoms with E-state index in [-0.39, 0.29) is 53.5 Å². The van der Waals surface area contributed by atoms with E-state index in [9.17, 15) is 49.5 Å². The van der Waals surface area contributed by atoms with Gasteiger partial charge in [-0.25, -0.2) is 18.2 Å². The highest BCUT2D eigenvalue weighted by molar-refractivity contribution is 7.91. The number of pyridine rings is 1. The highest BCUT2D eigenvalue weighted by Gasteiger charge is 2.62. The first-order chi connectivity index (χ1) is 27.2. The van der Waals surface area contributed by atoms with Gasteiger partial charge in [-0.2, -0.15) is 13.2 Å². The van der Waals surface area contributed by atoms with E-state index in [4.69, 9.17) is 9.47 Å². The topological polar surface area (TPSA) is 192 Å². The molecule has 1 aromatic carbocycles. The normalized spacial score (nSPS) is 30.2. The van der Waals surface area contributed by atoms with Crippen LogP contribution in [0.3, 0.4) is 0 Å². The maximum absolute atomic E-state index is 14.6. The molecule has 2 aliphatic carbocycles. The van der Waals surface area contributed by atoms with Gasteiger partial charge in [0.25, 0.3) is 5.91 Å². The molecule has 21 heteroatoms. The molecule has 5 aliphatic rings. The van der Waals surface area contributed by atoms with E-state index in [1.165, 1.54) is 24.4 Å². The first kappa shape index (κ1) is 41.2. The summed E-state index contributed by atoms with van der Waals surface area (Å²) in [6, 6.07) is 1.10. The van der Waals surface area contributed by atoms with Gasteiger partial charge in [0.1, 0.15) is 23.7 Å². The molecule has 0 bridgehead atoms. The predicted octanol–water partition coefficient (Wildman–Crippen LogP) is 4.45. The van der Waals surface area contributed by atoms with E-state index in [1.807, 2.05) is 13.0 Å². The van der Waals surface area contributed by atoms with E-state index < -0.39 is 93.2 Å². The molecule has 2 saturated carbocycles. The molecule has 3 N–H and O–H groups in total. The van der Waals surface area contributed by atoms with Crippen molar-refractivity contribution < 1.29 is 68.5 Å². The number of hydrogen-bond acceptors (Lipinski definition) is 11. The minimum absolute atomic E-state index is 0.0525. The highest BCUT2D eigenvalue weighted by Crippen LogP contribution is 2.48. The van der Waals surface area contributed by atoms with Gasteiger partial charge in [-0.05, 0) is 75.5 Å². The van der Waals surface area contributed by atoms with Gasteiger partial charge in [-0.3, -0.25) is 19.1 Å². The average molecular weight is 844 g/mol. The van der Waals surface area contributed by atoms with E-state index in [2.05, 4.69) is 29.8 Å². The zero-order chi connectivity index (χ0) is 41.9. The quantitative estimate of drug-likeness (QED) is 0.264. The van der Waals surface area contributed by atoms with Crippen molar-refractivity contribution in [1.82, 2.24) is 25.2 Å². The summed E-state index contributed by atoms with van der Waals surface area (Å²) in [5, 5.41) is 4.64. The average Bonchev–Trinajstić information content (AvgIpc) is 4.03. The number of halogens is 5. The first-order valence-corrected chi connectivity index (χ1v) is 20.5. The van der Waals surface area contributed by atoms with Gasteiger partial charge >= 0.3 is 18.6 Å². The third-order valence-electron chi connectivity index (χ3n) is 11.2. The lowest BCUT2D eigenvalue weighted by Crippen LogP contribution is -2.59. The van der Waals surface area contributed by atoms with Crippen molar-refractivity contribution in [3.63, 3.8) is 0 Å². The van der Waals surface area contributed by atoms with Gasteiger partial charge in [-0.1, -0.05) is 26.0 Å². The van der Waals surface area contributed by atoms with Crippen LogP contribution in [0.1, 0.15) is 65.7 Å². The minimum atomic E-state index is -4.89. The Kier molecular flexibility index (Phi) is 10.7. The smallest absolute Gasteiger partial charge is 0.472 e. The summed E-state index contributed by atoms with van der Waals surface area (Å²) >= 11 is 0. The Morgan fingerprint density at radius 2 is 1.81 bits per heavy atom. The maximum atomic E-state index is 14.6. The van der Waals surface area contributed by atoms with Gasteiger partial charge in [0, 0.05) is 29.3 Å². The lowest BCUT2D eigenvalue weighted by Gasteiger charge is -2.33. The minimum Gasteiger partial charge on any atom is -0.472 e. The number of allylic oxidation sites excluding steroid dienone is 1. The van der Waals surface area contributed by atoms with Crippen LogP contribution in [0, 0.1) is 17.8 Å². The molecule has 15 nitrogen and oxygen atoms in total. The van der Waals surface area contributed by atoms with Crippen LogP contribution in [0.5, 0.6) is 17.4 Å². The number of aromatic nitrogens is 1. The Morgan fingerprint density at radius 3 is 2.52 bits per heavy atom. The van der Waals surface area contributed by atoms with Crippen molar-refractivity contribution >= 4 is 44.6 Å². The molecule has 3 aliphatic heterocycles. The van der Waals surface area contributed by atoms with Crippen LogP contribution in [0.15, 0.2) is 36.5 Å². The zero-order valence-corrected chi connectivity index (χ0v) is 32.3. The number of benzene rings is 1. The molecule has 2 aromatic rings. The van der Waals surface area contributed by atoms with E-state index in [0.29, 0.717) is 39.0 Å². The number of nitrogens with one attached hydrogen (secondary N) is 3. The number of sulfonamides is 1. The van der Waals surface area contributed by atoms with Crippen LogP contribution in [0.25, 0.3) is 10.8 Å². The molecule has 58 heavy (non-hydrogen) atoms. The molecule has 316 valence electrons. The van der Waals surface area contributed by atoms with E-state index in [1.54, 1.807) is 13.0 Å². The summed E-state index contributed by atoms with van der Waals surface area (Å²) in [7, 11) is -4.03. The summed E-state index contributed by atoms with van der Waals surface area (Å²) in [6.45, 7) is 3.81. The molecule has 8 atom stereocenters. The highest BCUT2D eigenvalue weighted by atomic mass is 32.2. The molecule has 0 radical (unpaired) electrons. The van der Waals surface area contributed by atoms with Gasteiger partial charge in [-0.15, -0.1) is 8.78 Å². The predicted molar refractivity (Wildman–Crippen MR) is 192 cm³/mol. The molecule has 4 heterocycles. The number of carbonyl (C=O) groups is 4. The van der Waals surface area contributed by atoms with E-state index >= 15 is 0 Å². The number of fused-ring (bicyclic) bond motifs is 5. The second-order valence-electron chi connectivity index (χ2n) is 15.7. The van der Waals surface area contributed by atoms with Crippen molar-refractivity contribution in [2.24, 2.45) is 17.8 Å². The number of amides is 4. The van der Waals surface area contributed by atoms with E-state index in [0.717, 1.165) is 4.90 Å². The van der Waals surface area contributed by atoms with Crippen molar-refractivity contribution in [1.29, 1.82) is 0 Å². The maximum Gasteiger partial charge on any atom is 0.586 e. The number of alkyl halides is 5. The number of carbonyl (C=O) groups excluding carboxylic acids is 4. The molecule has 7 rings (SSSR count). The summed E-state index contributed by atoms with van der Waals surface area (Å²) in [6.07, 6.45) is -7.11. The van der Waals surface area contributed by atoms with Crippen LogP contribution in [0.2, 0.25) is 0 Å². The van der Waals surface area contributed by atoms with Gasteiger partial charge in [0.05, 0.1) is 11.8 Å². The van der Waals surface area contributed by atoms with Gasteiger partial charge < -0.3 is 34.5 Å². The molecule has 8 unspecified atom stereocenters. The Hall–Kier alpha value is -4.95. The lowest BCUT2D eigenvalue weighted by molar-refractivity contribution is -0.286. The number of nitrogens with zero attached hydrogens (tertiary/aromatic N) is 2. The Morgan fingerprint density at radius 1 is 1.07 bits per heavy atom. The molecule has 1 aromatic heterocycles. The zero-order valence-electron chi connectivity index (χ0n) is 31.5. The summed E-state index contributed by atoms with van der Waals surface area (Å²) < 4.78 is 116. The Balaban J connectivity index is 1.22. The molecule has 1 saturated heterocycles. The van der Waals surface area contributed by atoms with Crippen LogP contribution in [0.4, 0.5) is 26.7 Å². The first-order valence-electron chi connectivity index (χ1n) is 18.9. The fourth-order valence-corrected chi connectivity index (χ4v) is 9.14. The number of alkyl carbamates (subject to hydrolysis) is 1. The van der Waals surface area contributed by atoms with Crippen LogP contribution < -0.4 is 29.6 Å². The Bertz CT molecular complexity index is 2140. The lowest BCUT2D eigenvalue weighted by atomic mass is 9.88. The van der Waals surface area contributed by atoms with Crippen molar-refractivity contribution in [2.75, 3.05) is 6.54 Å². The van der Waals surface area contributed by atoms with Crippen molar-refractivity contribution in [2.45, 2.75) is 113 Å². The second kappa shape index (κ2) is 15.0. The largest absolute Gasteiger partial charge is 0.586 e. The summed E-state index contributed by atoms with van der Waals surface area (Å²) in [5.41, 5.74) is -1.70. The molecule has 4 amide bonds. The van der Waals surface area contributed by atoms with Crippen LogP contribution in [-0.2, 0) is 29.1 Å². The summed E-state index contributed by atoms with van der Waals surface area (Å²) in [4.78, 5) is 61.0. The molecular formula is C37H42F5N5O10S. The fourth-order valence-electron chi connectivity index (χ4n) is 7.77. The molecular weight excluding hydrogens is 801 g/mol. The van der Waals surface area contributed by atoms with Crippen molar-refractivity contribution in [3.8, 4) is 17.4 Å². The number of rotatable bonds is 7. The molecule has 3 fully saturated rings. The van der Waals surface area contributed by atoms with Gasteiger partial charge in [0.2, 0.25) is 27.7 Å².